The Balaban J connectivity index is 1.40. The van der Waals surface area contributed by atoms with Crippen molar-refractivity contribution in [3.63, 3.8) is 0 Å². The van der Waals surface area contributed by atoms with Crippen LogP contribution >= 0.6 is 11.6 Å². The van der Waals surface area contributed by atoms with Crippen LogP contribution in [0, 0.1) is 0 Å². The maximum Gasteiger partial charge on any atom is 0.322 e. The van der Waals surface area contributed by atoms with E-state index >= 15 is 0 Å². The number of amides is 2. The minimum absolute atomic E-state index is 0.145. The van der Waals surface area contributed by atoms with Crippen molar-refractivity contribution in [1.82, 2.24) is 14.7 Å². The summed E-state index contributed by atoms with van der Waals surface area (Å²) in [6.45, 7) is 6.88. The summed E-state index contributed by atoms with van der Waals surface area (Å²) in [6.07, 6.45) is 4.29. The third-order valence-electron chi connectivity index (χ3n) is 5.04. The van der Waals surface area contributed by atoms with Crippen LogP contribution in [0.15, 0.2) is 36.7 Å². The number of aromatic nitrogens is 2. The number of morpholine rings is 1. The van der Waals surface area contributed by atoms with Gasteiger partial charge in [0.25, 0.3) is 0 Å². The van der Waals surface area contributed by atoms with Gasteiger partial charge in [0.15, 0.2) is 0 Å². The number of hydrogen-bond donors (Lipinski definition) is 1. The Kier molecular flexibility index (Phi) is 5.07. The van der Waals surface area contributed by atoms with Crippen molar-refractivity contribution in [1.29, 1.82) is 0 Å². The lowest BCUT2D eigenvalue weighted by atomic mass is 9.95. The van der Waals surface area contributed by atoms with Gasteiger partial charge in [-0.1, -0.05) is 23.7 Å². The van der Waals surface area contributed by atoms with E-state index in [1.54, 1.807) is 10.9 Å². The van der Waals surface area contributed by atoms with E-state index in [2.05, 4.69) is 10.4 Å². The van der Waals surface area contributed by atoms with Gasteiger partial charge in [-0.3, -0.25) is 4.68 Å². The lowest BCUT2D eigenvalue weighted by molar-refractivity contribution is -0.185. The SMILES string of the molecule is CC1(C)CN(C(=O)Nc2cnn(Cc3ccc(Cl)cc3)c2)CC2(CCOC2)O1. The number of urea groups is 1. The molecule has 2 saturated heterocycles. The predicted molar refractivity (Wildman–Crippen MR) is 107 cm³/mol. The van der Waals surface area contributed by atoms with E-state index in [0.29, 0.717) is 43.6 Å². The van der Waals surface area contributed by atoms with Crippen molar-refractivity contribution in [3.05, 3.63) is 47.2 Å². The molecule has 1 aromatic heterocycles. The Morgan fingerprint density at radius 1 is 1.29 bits per heavy atom. The summed E-state index contributed by atoms with van der Waals surface area (Å²) in [5, 5.41) is 8.00. The summed E-state index contributed by atoms with van der Waals surface area (Å²) in [6, 6.07) is 7.48. The van der Waals surface area contributed by atoms with E-state index in [4.69, 9.17) is 21.1 Å². The first kappa shape index (κ1) is 19.2. The van der Waals surface area contributed by atoms with Crippen molar-refractivity contribution in [3.8, 4) is 0 Å². The number of anilines is 1. The topological polar surface area (TPSA) is 68.6 Å². The standard InChI is InChI=1S/C20H25ClN4O3/c1-19(2)12-24(13-20(28-19)7-8-27-14-20)18(26)23-17-9-22-25(11-17)10-15-3-5-16(21)6-4-15/h3-6,9,11H,7-8,10,12-14H2,1-2H3,(H,23,26). The Bertz CT molecular complexity index is 843. The van der Waals surface area contributed by atoms with Gasteiger partial charge in [-0.25, -0.2) is 4.79 Å². The predicted octanol–water partition coefficient (Wildman–Crippen LogP) is 3.39. The van der Waals surface area contributed by atoms with Crippen molar-refractivity contribution in [2.24, 2.45) is 0 Å². The number of hydrogen-bond acceptors (Lipinski definition) is 4. The number of rotatable bonds is 3. The van der Waals surface area contributed by atoms with Gasteiger partial charge in [-0.2, -0.15) is 5.10 Å². The molecule has 0 aliphatic carbocycles. The first-order valence-electron chi connectivity index (χ1n) is 9.43. The second-order valence-electron chi connectivity index (χ2n) is 8.19. The van der Waals surface area contributed by atoms with E-state index in [-0.39, 0.29) is 6.03 Å². The van der Waals surface area contributed by atoms with Gasteiger partial charge in [-0.15, -0.1) is 0 Å². The summed E-state index contributed by atoms with van der Waals surface area (Å²) in [7, 11) is 0. The minimum Gasteiger partial charge on any atom is -0.378 e. The zero-order valence-corrected chi connectivity index (χ0v) is 16.9. The smallest absolute Gasteiger partial charge is 0.322 e. The second kappa shape index (κ2) is 7.39. The Morgan fingerprint density at radius 2 is 2.07 bits per heavy atom. The van der Waals surface area contributed by atoms with E-state index < -0.39 is 11.2 Å². The number of benzene rings is 1. The molecule has 2 fully saturated rings. The van der Waals surface area contributed by atoms with Gasteiger partial charge >= 0.3 is 6.03 Å². The summed E-state index contributed by atoms with van der Waals surface area (Å²) < 4.78 is 13.6. The van der Waals surface area contributed by atoms with Crippen LogP contribution in [0.25, 0.3) is 0 Å². The highest BCUT2D eigenvalue weighted by Crippen LogP contribution is 2.34. The van der Waals surface area contributed by atoms with Gasteiger partial charge in [0, 0.05) is 24.2 Å². The van der Waals surface area contributed by atoms with Crippen LogP contribution in [0.5, 0.6) is 0 Å². The van der Waals surface area contributed by atoms with Crippen molar-refractivity contribution in [2.45, 2.75) is 38.0 Å². The summed E-state index contributed by atoms with van der Waals surface area (Å²) in [4.78, 5) is 14.7. The molecule has 1 spiro atoms. The Labute approximate surface area is 169 Å². The third kappa shape index (κ3) is 4.32. The largest absolute Gasteiger partial charge is 0.378 e. The molecule has 2 aliphatic heterocycles. The summed E-state index contributed by atoms with van der Waals surface area (Å²) >= 11 is 5.92. The van der Waals surface area contributed by atoms with Crippen LogP contribution in [-0.4, -0.2) is 58.2 Å². The first-order valence-corrected chi connectivity index (χ1v) is 9.81. The molecule has 1 aromatic carbocycles. The molecule has 8 heteroatoms. The molecular formula is C20H25ClN4O3. The van der Waals surface area contributed by atoms with Gasteiger partial charge in [0.1, 0.15) is 5.60 Å². The molecule has 0 radical (unpaired) electrons. The maximum atomic E-state index is 12.9. The molecule has 1 unspecified atom stereocenters. The van der Waals surface area contributed by atoms with Crippen molar-refractivity contribution >= 4 is 23.3 Å². The average Bonchev–Trinajstić information content (AvgIpc) is 3.25. The van der Waals surface area contributed by atoms with Gasteiger partial charge in [-0.05, 0) is 31.5 Å². The molecule has 1 N–H and O–H groups in total. The zero-order valence-electron chi connectivity index (χ0n) is 16.2. The normalized spacial score (nSPS) is 23.9. The number of carbonyl (C=O) groups excluding carboxylic acids is 1. The van der Waals surface area contributed by atoms with Crippen LogP contribution < -0.4 is 5.32 Å². The lowest BCUT2D eigenvalue weighted by Crippen LogP contribution is -2.62. The molecule has 2 amide bonds. The summed E-state index contributed by atoms with van der Waals surface area (Å²) in [5.74, 6) is 0. The van der Waals surface area contributed by atoms with Gasteiger partial charge in [0.2, 0.25) is 0 Å². The minimum atomic E-state index is -0.415. The quantitative estimate of drug-likeness (QED) is 0.851. The van der Waals surface area contributed by atoms with Crippen molar-refractivity contribution in [2.75, 3.05) is 31.6 Å². The highest BCUT2D eigenvalue weighted by atomic mass is 35.5. The highest BCUT2D eigenvalue weighted by molar-refractivity contribution is 6.30. The molecule has 7 nitrogen and oxygen atoms in total. The van der Waals surface area contributed by atoms with Crippen LogP contribution in [0.1, 0.15) is 25.8 Å². The van der Waals surface area contributed by atoms with Crippen LogP contribution in [-0.2, 0) is 16.0 Å². The number of carbonyl (C=O) groups is 1. The van der Waals surface area contributed by atoms with Crippen LogP contribution in [0.2, 0.25) is 5.02 Å². The molecular weight excluding hydrogens is 380 g/mol. The number of halogens is 1. The molecule has 3 heterocycles. The van der Waals surface area contributed by atoms with Gasteiger partial charge in [0.05, 0.1) is 43.7 Å². The van der Waals surface area contributed by atoms with Crippen LogP contribution in [0.3, 0.4) is 0 Å². The average molecular weight is 405 g/mol. The van der Waals surface area contributed by atoms with Gasteiger partial charge < -0.3 is 19.7 Å². The molecule has 28 heavy (non-hydrogen) atoms. The summed E-state index contributed by atoms with van der Waals surface area (Å²) in [5.41, 5.74) is 0.934. The van der Waals surface area contributed by atoms with E-state index in [1.165, 1.54) is 0 Å². The molecule has 4 rings (SSSR count). The van der Waals surface area contributed by atoms with E-state index in [1.807, 2.05) is 49.2 Å². The molecule has 1 atom stereocenters. The molecule has 0 saturated carbocycles. The molecule has 0 bridgehead atoms. The fourth-order valence-electron chi connectivity index (χ4n) is 3.95. The molecule has 2 aromatic rings. The van der Waals surface area contributed by atoms with E-state index in [9.17, 15) is 4.79 Å². The zero-order chi connectivity index (χ0) is 19.8. The maximum absolute atomic E-state index is 12.9. The molecule has 150 valence electrons. The molecule has 2 aliphatic rings. The number of nitrogens with zero attached hydrogens (tertiary/aromatic N) is 3. The van der Waals surface area contributed by atoms with Crippen molar-refractivity contribution < 1.29 is 14.3 Å². The number of ether oxygens (including phenoxy) is 2. The lowest BCUT2D eigenvalue weighted by Gasteiger charge is -2.47. The monoisotopic (exact) mass is 404 g/mol. The third-order valence-corrected chi connectivity index (χ3v) is 5.29. The fraction of sp³-hybridized carbons (Fsp3) is 0.500. The fourth-order valence-corrected chi connectivity index (χ4v) is 4.07. The Hall–Kier alpha value is -2.09. The second-order valence-corrected chi connectivity index (χ2v) is 8.62. The number of nitrogens with one attached hydrogen (secondary N) is 1. The Morgan fingerprint density at radius 3 is 2.79 bits per heavy atom. The first-order chi connectivity index (χ1) is 13.3. The van der Waals surface area contributed by atoms with Crippen LogP contribution in [0.4, 0.5) is 10.5 Å². The van der Waals surface area contributed by atoms with E-state index in [0.717, 1.165) is 12.0 Å². The highest BCUT2D eigenvalue weighted by Gasteiger charge is 2.48.